The fourth-order valence-corrected chi connectivity index (χ4v) is 1.64. The Bertz CT molecular complexity index is 381. The van der Waals surface area contributed by atoms with E-state index in [1.165, 1.54) is 11.1 Å². The van der Waals surface area contributed by atoms with Crippen LogP contribution in [0, 0.1) is 24.0 Å². The number of halogens is 2. The fourth-order valence-electron chi connectivity index (χ4n) is 1.64. The van der Waals surface area contributed by atoms with Gasteiger partial charge in [0.05, 0.1) is 0 Å². The summed E-state index contributed by atoms with van der Waals surface area (Å²) in [6, 6.07) is 0. The van der Waals surface area contributed by atoms with Gasteiger partial charge in [-0.1, -0.05) is 39.5 Å². The average molecular weight is 526 g/mol. The Hall–Kier alpha value is 1.02. The minimum atomic E-state index is 0. The van der Waals surface area contributed by atoms with Gasteiger partial charge in [-0.25, -0.2) is 23.3 Å². The summed E-state index contributed by atoms with van der Waals surface area (Å²) in [6.07, 6.45) is 17.2. The van der Waals surface area contributed by atoms with Gasteiger partial charge in [-0.3, -0.25) is 12.2 Å². The number of hydrogen-bond donors (Lipinski definition) is 0. The van der Waals surface area contributed by atoms with Crippen LogP contribution < -0.4 is 0 Å². The van der Waals surface area contributed by atoms with E-state index in [0.29, 0.717) is 11.8 Å². The van der Waals surface area contributed by atoms with Crippen LogP contribution >= 0.6 is 34.0 Å². The molecule has 0 saturated carbocycles. The van der Waals surface area contributed by atoms with E-state index in [9.17, 15) is 0 Å². The normalized spacial score (nSPS) is 14.1. The molecule has 0 bridgehead atoms. The predicted octanol–water partition coefficient (Wildman–Crippen LogP) is 6.60. The zero-order valence-electron chi connectivity index (χ0n) is 14.7. The molecule has 0 amide bonds. The van der Waals surface area contributed by atoms with Crippen molar-refractivity contribution in [1.82, 2.24) is 0 Å². The van der Waals surface area contributed by atoms with Crippen molar-refractivity contribution in [2.75, 3.05) is 0 Å². The second kappa shape index (κ2) is 16.9. The standard InChI is InChI=1S/2C8H11.C2H6Si.2BrH.Zr/c2*1-7(2)8-5-3-4-6-8;1-3-2;;;/h2*3,5,7H,4H2,1-2H3;1-2H3;2*1H;/q2*-1;;;;+2. The Morgan fingerprint density at radius 3 is 1.23 bits per heavy atom. The molecule has 2 aliphatic rings. The van der Waals surface area contributed by atoms with E-state index in [1.54, 1.807) is 23.3 Å². The quantitative estimate of drug-likeness (QED) is 0.281. The molecule has 2 aliphatic carbocycles. The van der Waals surface area contributed by atoms with Gasteiger partial charge in [0.2, 0.25) is 0 Å². The Labute approximate surface area is 174 Å². The molecule has 0 heterocycles. The summed E-state index contributed by atoms with van der Waals surface area (Å²) >= 11 is 1.74. The third-order valence-corrected chi connectivity index (χ3v) is 2.69. The molecule has 0 N–H and O–H groups in total. The molecule has 0 atom stereocenters. The molecule has 0 aromatic rings. The SMILES string of the molecule is Br.Br.CC(C)C1=[C-]CC=C1.CC(C)C1=[C-]CC=C1.C[Si](C)=[Zr+2]. The second-order valence-corrected chi connectivity index (χ2v) is 15.2. The molecule has 4 heteroatoms. The Balaban J connectivity index is -0.000000249. The Morgan fingerprint density at radius 2 is 1.14 bits per heavy atom. The number of allylic oxidation sites excluding steroid dienone is 8. The second-order valence-electron chi connectivity index (χ2n) is 5.79. The molecule has 0 unspecified atom stereocenters. The van der Waals surface area contributed by atoms with Crippen molar-refractivity contribution in [3.63, 3.8) is 0 Å². The van der Waals surface area contributed by atoms with Crippen LogP contribution in [-0.2, 0) is 23.3 Å². The molecule has 0 radical (unpaired) electrons. The zero-order valence-corrected chi connectivity index (χ0v) is 21.6. The van der Waals surface area contributed by atoms with Gasteiger partial charge >= 0.3 is 41.9 Å². The van der Waals surface area contributed by atoms with Gasteiger partial charge < -0.3 is 0 Å². The van der Waals surface area contributed by atoms with Crippen LogP contribution in [0.5, 0.6) is 0 Å². The van der Waals surface area contributed by atoms with Gasteiger partial charge in [-0.15, -0.1) is 46.8 Å². The summed E-state index contributed by atoms with van der Waals surface area (Å²) in [4.78, 5) is 0. The van der Waals surface area contributed by atoms with Crippen LogP contribution in [0.25, 0.3) is 0 Å². The molecule has 2 rings (SSSR count). The first-order chi connectivity index (χ1) is 9.34. The molecule has 0 aliphatic heterocycles. The van der Waals surface area contributed by atoms with Gasteiger partial charge in [0.15, 0.2) is 0 Å². The molecule has 0 aromatic carbocycles. The van der Waals surface area contributed by atoms with Crippen molar-refractivity contribution in [1.29, 1.82) is 0 Å². The van der Waals surface area contributed by atoms with E-state index in [4.69, 9.17) is 0 Å². The third kappa shape index (κ3) is 15.9. The maximum absolute atomic E-state index is 3.26. The Morgan fingerprint density at radius 1 is 0.864 bits per heavy atom. The molecule has 0 saturated heterocycles. The van der Waals surface area contributed by atoms with Crippen molar-refractivity contribution < 1.29 is 23.3 Å². The maximum atomic E-state index is 3.26. The third-order valence-electron chi connectivity index (χ3n) is 2.69. The first-order valence-corrected chi connectivity index (χ1v) is 13.6. The summed E-state index contributed by atoms with van der Waals surface area (Å²) < 4.78 is 0. The van der Waals surface area contributed by atoms with Crippen molar-refractivity contribution in [3.05, 3.63) is 47.6 Å². The van der Waals surface area contributed by atoms with Crippen LogP contribution in [0.15, 0.2) is 35.5 Å². The first kappa shape index (κ1) is 27.8. The van der Waals surface area contributed by atoms with Crippen LogP contribution in [0.4, 0.5) is 0 Å². The fraction of sp³-hybridized carbons (Fsp3) is 0.556. The van der Waals surface area contributed by atoms with Gasteiger partial charge in [0.1, 0.15) is 0 Å². The molecular formula is C18H30Br2SiZr. The van der Waals surface area contributed by atoms with Gasteiger partial charge in [0, 0.05) is 0 Å². The van der Waals surface area contributed by atoms with E-state index < -0.39 is 0 Å². The number of rotatable bonds is 2. The van der Waals surface area contributed by atoms with Crippen LogP contribution in [0.1, 0.15) is 40.5 Å². The van der Waals surface area contributed by atoms with E-state index in [0.717, 1.165) is 12.8 Å². The molecule has 0 nitrogen and oxygen atoms in total. The molecule has 0 fully saturated rings. The van der Waals surface area contributed by atoms with Gasteiger partial charge in [-0.05, 0) is 0 Å². The molecule has 0 aromatic heterocycles. The summed E-state index contributed by atoms with van der Waals surface area (Å²) in [7, 11) is 0. The summed E-state index contributed by atoms with van der Waals surface area (Å²) in [6.45, 7) is 13.4. The van der Waals surface area contributed by atoms with Crippen molar-refractivity contribution >= 4 is 39.4 Å². The van der Waals surface area contributed by atoms with Crippen molar-refractivity contribution in [2.45, 2.75) is 53.6 Å². The van der Waals surface area contributed by atoms with Crippen LogP contribution in [0.3, 0.4) is 0 Å². The van der Waals surface area contributed by atoms with E-state index in [2.05, 4.69) is 77.2 Å². The molecule has 22 heavy (non-hydrogen) atoms. The van der Waals surface area contributed by atoms with E-state index in [1.807, 2.05) is 0 Å². The van der Waals surface area contributed by atoms with Crippen molar-refractivity contribution in [2.24, 2.45) is 11.8 Å². The molecule has 0 spiro atoms. The first-order valence-electron chi connectivity index (χ1n) is 7.40. The van der Waals surface area contributed by atoms with E-state index >= 15 is 0 Å². The van der Waals surface area contributed by atoms with E-state index in [-0.39, 0.29) is 39.4 Å². The molecular weight excluding hydrogens is 495 g/mol. The predicted molar refractivity (Wildman–Crippen MR) is 109 cm³/mol. The molecule has 124 valence electrons. The zero-order chi connectivity index (χ0) is 15.5. The monoisotopic (exact) mass is 522 g/mol. The topological polar surface area (TPSA) is 0 Å². The van der Waals surface area contributed by atoms with Crippen molar-refractivity contribution in [3.8, 4) is 0 Å². The van der Waals surface area contributed by atoms with Gasteiger partial charge in [-0.2, -0.15) is 12.2 Å². The summed E-state index contributed by atoms with van der Waals surface area (Å²) in [5.41, 5.74) is 2.94. The average Bonchev–Trinajstić information content (AvgIpc) is 3.03. The Kier molecular flexibility index (Phi) is 21.3. The van der Waals surface area contributed by atoms with Gasteiger partial charge in [0.25, 0.3) is 0 Å². The summed E-state index contributed by atoms with van der Waals surface area (Å²) in [5.74, 6) is 1.32. The van der Waals surface area contributed by atoms with Crippen LogP contribution in [-0.4, -0.2) is 5.43 Å². The minimum absolute atomic E-state index is 0. The summed E-state index contributed by atoms with van der Waals surface area (Å²) in [5, 5.41) is 0. The number of hydrogen-bond acceptors (Lipinski definition) is 0. The van der Waals surface area contributed by atoms with Crippen LogP contribution in [0.2, 0.25) is 13.1 Å².